The summed E-state index contributed by atoms with van der Waals surface area (Å²) in [6.07, 6.45) is 1.54. The van der Waals surface area contributed by atoms with Crippen LogP contribution in [0.5, 0.6) is 11.6 Å². The minimum atomic E-state index is -4.22. The predicted molar refractivity (Wildman–Crippen MR) is 125 cm³/mol. The van der Waals surface area contributed by atoms with Gasteiger partial charge in [-0.15, -0.1) is 0 Å². The number of halogens is 1. The summed E-state index contributed by atoms with van der Waals surface area (Å²) in [7, 11) is -2.71. The molecule has 0 amide bonds. The molecule has 0 aliphatic heterocycles. The van der Waals surface area contributed by atoms with Crippen LogP contribution in [0, 0.1) is 0 Å². The number of rotatable bonds is 4. The van der Waals surface area contributed by atoms with Crippen molar-refractivity contribution in [1.82, 2.24) is 8.96 Å². The molecular formula is C24H17ClN2O4S. The minimum Gasteiger partial charge on any atom is -0.496 e. The molecule has 0 radical (unpaired) electrons. The van der Waals surface area contributed by atoms with Gasteiger partial charge < -0.3 is 9.84 Å². The van der Waals surface area contributed by atoms with Gasteiger partial charge in [0.2, 0.25) is 5.88 Å². The second-order valence-corrected chi connectivity index (χ2v) is 9.35. The zero-order valence-corrected chi connectivity index (χ0v) is 18.4. The van der Waals surface area contributed by atoms with Crippen LogP contribution < -0.4 is 4.74 Å². The predicted octanol–water partition coefficient (Wildman–Crippen LogP) is 5.46. The van der Waals surface area contributed by atoms with Crippen molar-refractivity contribution in [3.8, 4) is 22.8 Å². The van der Waals surface area contributed by atoms with Gasteiger partial charge in [0.25, 0.3) is 10.0 Å². The lowest BCUT2D eigenvalue weighted by Gasteiger charge is -2.11. The molecule has 3 aromatic carbocycles. The third-order valence-electron chi connectivity index (χ3n) is 5.35. The maximum atomic E-state index is 13.9. The molecule has 1 N–H and O–H groups in total. The number of benzene rings is 3. The van der Waals surface area contributed by atoms with Gasteiger partial charge in [-0.25, -0.2) is 12.4 Å². The van der Waals surface area contributed by atoms with Crippen molar-refractivity contribution in [3.63, 3.8) is 0 Å². The maximum Gasteiger partial charge on any atom is 0.273 e. The number of methoxy groups -OCH3 is 1. The van der Waals surface area contributed by atoms with Crippen LogP contribution in [0.15, 0.2) is 83.9 Å². The highest BCUT2D eigenvalue weighted by atomic mass is 35.5. The molecule has 5 aromatic rings. The quantitative estimate of drug-likeness (QED) is 0.382. The van der Waals surface area contributed by atoms with E-state index in [-0.39, 0.29) is 4.90 Å². The highest BCUT2D eigenvalue weighted by Gasteiger charge is 2.30. The molecule has 32 heavy (non-hydrogen) atoms. The highest BCUT2D eigenvalue weighted by Crippen LogP contribution is 2.45. The van der Waals surface area contributed by atoms with E-state index in [1.807, 2.05) is 0 Å². The van der Waals surface area contributed by atoms with Crippen LogP contribution in [0.25, 0.3) is 32.9 Å². The minimum absolute atomic E-state index is 0.00988. The average Bonchev–Trinajstić information content (AvgIpc) is 3.10. The largest absolute Gasteiger partial charge is 0.496 e. The Labute approximate surface area is 189 Å². The van der Waals surface area contributed by atoms with E-state index in [2.05, 4.69) is 4.98 Å². The zero-order valence-electron chi connectivity index (χ0n) is 16.9. The van der Waals surface area contributed by atoms with Gasteiger partial charge >= 0.3 is 0 Å². The topological polar surface area (TPSA) is 81.4 Å². The number of aromatic nitrogens is 2. The van der Waals surface area contributed by atoms with Gasteiger partial charge in [-0.1, -0.05) is 48.0 Å². The molecule has 0 aliphatic rings. The summed E-state index contributed by atoms with van der Waals surface area (Å²) in [6, 6.07) is 20.3. The number of hydrogen-bond donors (Lipinski definition) is 1. The van der Waals surface area contributed by atoms with Crippen LogP contribution in [0.2, 0.25) is 5.02 Å². The van der Waals surface area contributed by atoms with Gasteiger partial charge in [0.15, 0.2) is 0 Å². The molecule has 8 heteroatoms. The van der Waals surface area contributed by atoms with Crippen LogP contribution in [0.1, 0.15) is 0 Å². The summed E-state index contributed by atoms with van der Waals surface area (Å²) in [5.41, 5.74) is 1.48. The number of fused-ring (bicyclic) bond motifs is 2. The molecule has 0 saturated heterocycles. The SMILES string of the molecule is COc1ccccc1-c1c(O)n(S(=O)(=O)c2cccc3cccnc23)c2ccc(Cl)cc12. The van der Waals surface area contributed by atoms with Crippen molar-refractivity contribution in [2.75, 3.05) is 7.11 Å². The van der Waals surface area contributed by atoms with E-state index in [1.54, 1.807) is 66.7 Å². The number of nitrogens with zero attached hydrogens (tertiary/aromatic N) is 2. The number of aromatic hydroxyl groups is 1. The molecule has 5 rings (SSSR count). The molecule has 0 saturated carbocycles. The Morgan fingerprint density at radius 2 is 1.78 bits per heavy atom. The van der Waals surface area contributed by atoms with E-state index in [9.17, 15) is 13.5 Å². The average molecular weight is 465 g/mol. The van der Waals surface area contributed by atoms with Crippen LogP contribution in [0.4, 0.5) is 0 Å². The van der Waals surface area contributed by atoms with Crippen molar-refractivity contribution >= 4 is 43.4 Å². The second-order valence-electron chi connectivity index (χ2n) is 7.16. The summed E-state index contributed by atoms with van der Waals surface area (Å²) in [5, 5.41) is 12.9. The number of para-hydroxylation sites is 2. The lowest BCUT2D eigenvalue weighted by atomic mass is 10.0. The van der Waals surface area contributed by atoms with Gasteiger partial charge in [-0.3, -0.25) is 4.98 Å². The Kier molecular flexibility index (Phi) is 4.80. The van der Waals surface area contributed by atoms with Gasteiger partial charge in [-0.2, -0.15) is 0 Å². The van der Waals surface area contributed by atoms with E-state index in [0.717, 1.165) is 3.97 Å². The van der Waals surface area contributed by atoms with Crippen LogP contribution in [0.3, 0.4) is 0 Å². The van der Waals surface area contributed by atoms with Gasteiger partial charge in [0.1, 0.15) is 10.6 Å². The highest BCUT2D eigenvalue weighted by molar-refractivity contribution is 7.90. The summed E-state index contributed by atoms with van der Waals surface area (Å²) in [4.78, 5) is 4.26. The molecular weight excluding hydrogens is 448 g/mol. The summed E-state index contributed by atoms with van der Waals surface area (Å²) < 4.78 is 34.1. The zero-order chi connectivity index (χ0) is 22.5. The van der Waals surface area contributed by atoms with Gasteiger partial charge in [0, 0.05) is 27.6 Å². The first-order chi connectivity index (χ1) is 15.4. The third kappa shape index (κ3) is 3.01. The molecule has 2 heterocycles. The van der Waals surface area contributed by atoms with Crippen molar-refractivity contribution in [1.29, 1.82) is 0 Å². The van der Waals surface area contributed by atoms with Crippen molar-refractivity contribution in [3.05, 3.63) is 84.0 Å². The molecule has 0 fully saturated rings. The fraction of sp³-hybridized carbons (Fsp3) is 0.0417. The normalized spacial score (nSPS) is 11.8. The van der Waals surface area contributed by atoms with E-state index >= 15 is 0 Å². The Morgan fingerprint density at radius 3 is 2.59 bits per heavy atom. The third-order valence-corrected chi connectivity index (χ3v) is 7.32. The first-order valence-corrected chi connectivity index (χ1v) is 11.5. The van der Waals surface area contributed by atoms with Crippen molar-refractivity contribution in [2.24, 2.45) is 0 Å². The Balaban J connectivity index is 1.89. The molecule has 0 unspecified atom stereocenters. The molecule has 0 aliphatic carbocycles. The van der Waals surface area contributed by atoms with E-state index in [4.69, 9.17) is 16.3 Å². The maximum absolute atomic E-state index is 13.9. The fourth-order valence-corrected chi connectivity index (χ4v) is 5.74. The van der Waals surface area contributed by atoms with E-state index in [1.165, 1.54) is 19.4 Å². The van der Waals surface area contributed by atoms with Crippen LogP contribution in [-0.2, 0) is 10.0 Å². The molecule has 6 nitrogen and oxygen atoms in total. The standard InChI is InChI=1S/C24H17ClN2O4S/c1-31-20-9-3-2-8-17(20)22-18-14-16(25)11-12-19(18)27(24(22)28)32(29,30)21-10-4-6-15-7-5-13-26-23(15)21/h2-14,28H,1H3. The molecule has 0 spiro atoms. The lowest BCUT2D eigenvalue weighted by molar-refractivity contribution is 0.415. The molecule has 0 bridgehead atoms. The monoisotopic (exact) mass is 464 g/mol. The van der Waals surface area contributed by atoms with Crippen LogP contribution in [-0.4, -0.2) is 29.6 Å². The van der Waals surface area contributed by atoms with Crippen molar-refractivity contribution in [2.45, 2.75) is 4.90 Å². The summed E-state index contributed by atoms with van der Waals surface area (Å²) in [6.45, 7) is 0. The van der Waals surface area contributed by atoms with Gasteiger partial charge in [-0.05, 0) is 36.4 Å². The summed E-state index contributed by atoms with van der Waals surface area (Å²) >= 11 is 6.24. The first kappa shape index (κ1) is 20.4. The Morgan fingerprint density at radius 1 is 1.00 bits per heavy atom. The van der Waals surface area contributed by atoms with Crippen molar-refractivity contribution < 1.29 is 18.3 Å². The Bertz CT molecular complexity index is 1600. The number of pyridine rings is 1. The number of ether oxygens (including phenoxy) is 1. The fourth-order valence-electron chi connectivity index (χ4n) is 3.96. The van der Waals surface area contributed by atoms with Gasteiger partial charge in [0.05, 0.1) is 23.7 Å². The molecule has 2 aromatic heterocycles. The van der Waals surface area contributed by atoms with E-state index < -0.39 is 15.9 Å². The first-order valence-electron chi connectivity index (χ1n) is 9.69. The smallest absolute Gasteiger partial charge is 0.273 e. The number of hydrogen-bond acceptors (Lipinski definition) is 5. The second kappa shape index (κ2) is 7.55. The molecule has 160 valence electrons. The van der Waals surface area contributed by atoms with E-state index in [0.29, 0.717) is 43.7 Å². The lowest BCUT2D eigenvalue weighted by Crippen LogP contribution is -2.13. The van der Waals surface area contributed by atoms with Crippen LogP contribution >= 0.6 is 11.6 Å². The Hall–Kier alpha value is -3.55. The summed E-state index contributed by atoms with van der Waals surface area (Å²) in [5.74, 6) is 0.0609. The molecule has 0 atom stereocenters.